The molecule has 0 amide bonds. The van der Waals surface area contributed by atoms with Crippen LogP contribution in [0.4, 0.5) is 0 Å². The third-order valence-electron chi connectivity index (χ3n) is 13.6. The first-order valence-corrected chi connectivity index (χ1v) is 24.1. The van der Waals surface area contributed by atoms with E-state index in [-0.39, 0.29) is 0 Å². The van der Waals surface area contributed by atoms with Crippen LogP contribution in [0.15, 0.2) is 249 Å². The minimum Gasteiger partial charge on any atom is -0.309 e. The van der Waals surface area contributed by atoms with Crippen molar-refractivity contribution in [1.29, 1.82) is 0 Å². The summed E-state index contributed by atoms with van der Waals surface area (Å²) in [4.78, 5) is 0. The van der Waals surface area contributed by atoms with Crippen LogP contribution in [-0.4, -0.2) is 21.8 Å². The largest absolute Gasteiger partial charge is 0.309 e. The van der Waals surface area contributed by atoms with E-state index in [4.69, 9.17) is 0 Å². The molecule has 300 valence electrons. The Morgan fingerprint density at radius 1 is 0.219 bits per heavy atom. The number of nitrogens with zero attached hydrogens (tertiary/aromatic N) is 3. The van der Waals surface area contributed by atoms with Gasteiger partial charge in [-0.2, -0.15) is 0 Å². The van der Waals surface area contributed by atoms with E-state index >= 15 is 0 Å². The second-order valence-electron chi connectivity index (χ2n) is 16.8. The van der Waals surface area contributed by atoms with Gasteiger partial charge in [0, 0.05) is 49.4 Å². The van der Waals surface area contributed by atoms with E-state index in [1.54, 1.807) is 0 Å². The molecule has 13 aromatic rings. The Bertz CT molecular complexity index is 3800. The summed E-state index contributed by atoms with van der Waals surface area (Å²) >= 11 is 0. The molecule has 64 heavy (non-hydrogen) atoms. The lowest BCUT2D eigenvalue weighted by molar-refractivity contribution is 1.17. The van der Waals surface area contributed by atoms with Gasteiger partial charge in [-0.15, -0.1) is 0 Å². The quantitative estimate of drug-likeness (QED) is 0.112. The van der Waals surface area contributed by atoms with Crippen LogP contribution < -0.4 is 20.7 Å². The van der Waals surface area contributed by atoms with Crippen LogP contribution in [0.1, 0.15) is 0 Å². The standard InChI is InChI=1S/C60H41N3Si/c1-4-20-42(21-5-1)61-55-36-16-12-32-51(55)59-57(61)38-39-58-60(59)52-33-13-17-37-56(52)63(58)44-23-19-29-48(41-44)64(45-24-6-2-7-25-45,46-26-8-3-9-27-46)47-28-18-22-43(40-47)62-53-34-14-10-30-49(53)50-31-11-15-35-54(50)62/h1-41H. The highest BCUT2D eigenvalue weighted by Crippen LogP contribution is 2.42. The van der Waals surface area contributed by atoms with Crippen molar-refractivity contribution in [2.75, 3.05) is 0 Å². The Hall–Kier alpha value is -8.18. The van der Waals surface area contributed by atoms with Crippen molar-refractivity contribution in [3.8, 4) is 17.1 Å². The van der Waals surface area contributed by atoms with Crippen LogP contribution >= 0.6 is 0 Å². The molecule has 0 bridgehead atoms. The fourth-order valence-electron chi connectivity index (χ4n) is 11.0. The molecule has 0 saturated carbocycles. The van der Waals surface area contributed by atoms with Gasteiger partial charge >= 0.3 is 0 Å². The van der Waals surface area contributed by atoms with Gasteiger partial charge in [0.1, 0.15) is 0 Å². The van der Waals surface area contributed by atoms with Crippen LogP contribution in [0.5, 0.6) is 0 Å². The van der Waals surface area contributed by atoms with Crippen LogP contribution in [0.3, 0.4) is 0 Å². The van der Waals surface area contributed by atoms with E-state index in [9.17, 15) is 0 Å². The molecule has 3 nitrogen and oxygen atoms in total. The van der Waals surface area contributed by atoms with E-state index in [0.717, 1.165) is 17.1 Å². The smallest absolute Gasteiger partial charge is 0.179 e. The maximum atomic E-state index is 2.51. The third kappa shape index (κ3) is 5.27. The fraction of sp³-hybridized carbons (Fsp3) is 0. The zero-order chi connectivity index (χ0) is 42.2. The van der Waals surface area contributed by atoms with E-state index in [1.165, 1.54) is 86.2 Å². The van der Waals surface area contributed by atoms with Crippen molar-refractivity contribution in [2.24, 2.45) is 0 Å². The predicted molar refractivity (Wildman–Crippen MR) is 273 cm³/mol. The van der Waals surface area contributed by atoms with Crippen molar-refractivity contribution in [3.05, 3.63) is 249 Å². The second kappa shape index (κ2) is 14.5. The molecule has 0 saturated heterocycles. The second-order valence-corrected chi connectivity index (χ2v) is 20.7. The average molecular weight is 832 g/mol. The SMILES string of the molecule is c1ccc(-n2c3ccccc3c3c4c5ccccc5n(-c5cccc([Si](c6ccccc6)(c6ccccc6)c6cccc(-n7c8ccccc8c8ccccc87)c6)c5)c4ccc32)cc1. The van der Waals surface area contributed by atoms with Crippen molar-refractivity contribution < 1.29 is 0 Å². The summed E-state index contributed by atoms with van der Waals surface area (Å²) in [6.07, 6.45) is 0. The molecule has 0 N–H and O–H groups in total. The molecule has 10 aromatic carbocycles. The lowest BCUT2D eigenvalue weighted by atomic mass is 10.1. The van der Waals surface area contributed by atoms with Crippen LogP contribution in [0, 0.1) is 0 Å². The molecule has 13 rings (SSSR count). The van der Waals surface area contributed by atoms with Crippen LogP contribution in [0.2, 0.25) is 0 Å². The number of aromatic nitrogens is 3. The zero-order valence-corrected chi connectivity index (χ0v) is 36.0. The lowest BCUT2D eigenvalue weighted by Gasteiger charge is -2.35. The minimum absolute atomic E-state index is 1.15. The first-order valence-electron chi connectivity index (χ1n) is 22.1. The van der Waals surface area contributed by atoms with Gasteiger partial charge in [-0.3, -0.25) is 0 Å². The molecule has 0 aliphatic carbocycles. The van der Waals surface area contributed by atoms with Gasteiger partial charge in [-0.25, -0.2) is 0 Å². The molecule has 0 aliphatic rings. The Balaban J connectivity index is 1.10. The molecule has 4 heteroatoms. The van der Waals surface area contributed by atoms with Crippen molar-refractivity contribution in [3.63, 3.8) is 0 Å². The monoisotopic (exact) mass is 831 g/mol. The molecule has 0 atom stereocenters. The zero-order valence-electron chi connectivity index (χ0n) is 35.0. The molecular formula is C60H41N3Si. The Labute approximate surface area is 372 Å². The Morgan fingerprint density at radius 3 is 0.984 bits per heavy atom. The van der Waals surface area contributed by atoms with Gasteiger partial charge in [0.25, 0.3) is 0 Å². The highest BCUT2D eigenvalue weighted by molar-refractivity contribution is 7.20. The molecule has 0 unspecified atom stereocenters. The van der Waals surface area contributed by atoms with Crippen molar-refractivity contribution in [1.82, 2.24) is 13.7 Å². The highest BCUT2D eigenvalue weighted by atomic mass is 28.3. The van der Waals surface area contributed by atoms with Crippen LogP contribution in [0.25, 0.3) is 82.5 Å². The first-order chi connectivity index (χ1) is 31.8. The maximum Gasteiger partial charge on any atom is 0.179 e. The number of hydrogen-bond donors (Lipinski definition) is 0. The molecule has 0 spiro atoms. The predicted octanol–water partition coefficient (Wildman–Crippen LogP) is 12.4. The van der Waals surface area contributed by atoms with Gasteiger partial charge in [0.05, 0.1) is 33.1 Å². The number of para-hydroxylation sites is 5. The van der Waals surface area contributed by atoms with Gasteiger partial charge in [-0.05, 0) is 93.5 Å². The van der Waals surface area contributed by atoms with E-state index in [2.05, 4.69) is 262 Å². The van der Waals surface area contributed by atoms with Crippen molar-refractivity contribution >= 4 is 94.2 Å². The molecule has 3 heterocycles. The maximum absolute atomic E-state index is 3.00. The lowest BCUT2D eigenvalue weighted by Crippen LogP contribution is -2.74. The fourth-order valence-corrected chi connectivity index (χ4v) is 15.8. The molecule has 0 radical (unpaired) electrons. The average Bonchev–Trinajstić information content (AvgIpc) is 4.01. The Kier molecular flexibility index (Phi) is 8.23. The van der Waals surface area contributed by atoms with Gasteiger partial charge < -0.3 is 13.7 Å². The molecular weight excluding hydrogens is 791 g/mol. The summed E-state index contributed by atoms with van der Waals surface area (Å²) in [5, 5.41) is 12.9. The molecule has 0 fully saturated rings. The van der Waals surface area contributed by atoms with Gasteiger partial charge in [0.15, 0.2) is 8.07 Å². The first kappa shape index (κ1) is 36.5. The summed E-state index contributed by atoms with van der Waals surface area (Å²) in [7, 11) is -3.00. The number of benzene rings is 10. The van der Waals surface area contributed by atoms with Gasteiger partial charge in [-0.1, -0.05) is 176 Å². The normalized spacial score (nSPS) is 12.1. The van der Waals surface area contributed by atoms with E-state index in [0.29, 0.717) is 0 Å². The third-order valence-corrected chi connectivity index (χ3v) is 18.3. The number of hydrogen-bond acceptors (Lipinski definition) is 0. The van der Waals surface area contributed by atoms with E-state index < -0.39 is 8.07 Å². The number of fused-ring (bicyclic) bond motifs is 10. The summed E-state index contributed by atoms with van der Waals surface area (Å²) in [6.45, 7) is 0. The van der Waals surface area contributed by atoms with E-state index in [1.807, 2.05) is 0 Å². The molecule has 3 aromatic heterocycles. The van der Waals surface area contributed by atoms with Gasteiger partial charge in [0.2, 0.25) is 0 Å². The minimum atomic E-state index is -3.00. The summed E-state index contributed by atoms with van der Waals surface area (Å²) < 4.78 is 7.38. The Morgan fingerprint density at radius 2 is 0.531 bits per heavy atom. The number of rotatable bonds is 7. The summed E-state index contributed by atoms with van der Waals surface area (Å²) in [6, 6.07) is 92.4. The van der Waals surface area contributed by atoms with Crippen molar-refractivity contribution in [2.45, 2.75) is 0 Å². The molecule has 0 aliphatic heterocycles. The summed E-state index contributed by atoms with van der Waals surface area (Å²) in [5.41, 5.74) is 10.7. The highest BCUT2D eigenvalue weighted by Gasteiger charge is 2.42. The summed E-state index contributed by atoms with van der Waals surface area (Å²) in [5.74, 6) is 0. The van der Waals surface area contributed by atoms with Crippen LogP contribution in [-0.2, 0) is 0 Å². The topological polar surface area (TPSA) is 14.8 Å².